The van der Waals surface area contributed by atoms with Gasteiger partial charge in [0, 0.05) is 46.6 Å². The zero-order valence-electron chi connectivity index (χ0n) is 13.5. The van der Waals surface area contributed by atoms with Crippen LogP contribution in [0, 0.1) is 6.92 Å². The minimum Gasteiger partial charge on any atom is -0.358 e. The van der Waals surface area contributed by atoms with E-state index in [1.54, 1.807) is 11.8 Å². The van der Waals surface area contributed by atoms with Crippen LogP contribution >= 0.6 is 11.8 Å². The Balaban J connectivity index is 1.38. The summed E-state index contributed by atoms with van der Waals surface area (Å²) in [7, 11) is 0. The number of aromatic amines is 2. The summed E-state index contributed by atoms with van der Waals surface area (Å²) in [6.45, 7) is 2.74. The van der Waals surface area contributed by atoms with Gasteiger partial charge in [-0.2, -0.15) is 5.21 Å². The normalized spacial score (nSPS) is 11.0. The molecule has 24 heavy (non-hydrogen) atoms. The number of H-pyrrole nitrogens is 2. The van der Waals surface area contributed by atoms with Crippen molar-refractivity contribution in [3.63, 3.8) is 0 Å². The van der Waals surface area contributed by atoms with Crippen molar-refractivity contribution >= 4 is 28.6 Å². The Bertz CT molecular complexity index is 798. The summed E-state index contributed by atoms with van der Waals surface area (Å²) >= 11 is 1.77. The summed E-state index contributed by atoms with van der Waals surface area (Å²) in [5, 5.41) is 17.8. The Morgan fingerprint density at radius 3 is 3.04 bits per heavy atom. The fraction of sp³-hybridized carbons (Fsp3) is 0.375. The first-order valence-electron chi connectivity index (χ1n) is 7.93. The first kappa shape index (κ1) is 16.5. The van der Waals surface area contributed by atoms with E-state index in [4.69, 9.17) is 0 Å². The Kier molecular flexibility index (Phi) is 5.47. The van der Waals surface area contributed by atoms with Crippen molar-refractivity contribution in [2.24, 2.45) is 0 Å². The summed E-state index contributed by atoms with van der Waals surface area (Å²) in [5.41, 5.74) is 2.33. The number of tetrazole rings is 1. The molecule has 0 saturated carbocycles. The van der Waals surface area contributed by atoms with Gasteiger partial charge in [-0.15, -0.1) is 22.0 Å². The number of carbonyl (C=O) groups excluding carboxylic acids is 1. The maximum atomic E-state index is 11.8. The molecule has 8 heteroatoms. The molecule has 3 rings (SSSR count). The first-order valence-corrected chi connectivity index (χ1v) is 8.91. The van der Waals surface area contributed by atoms with E-state index >= 15 is 0 Å². The van der Waals surface area contributed by atoms with E-state index in [0.29, 0.717) is 25.2 Å². The molecule has 0 atom stereocenters. The lowest BCUT2D eigenvalue weighted by Gasteiger charge is -2.05. The minimum absolute atomic E-state index is 0.0646. The molecule has 0 saturated heterocycles. The molecule has 0 aliphatic carbocycles. The van der Waals surface area contributed by atoms with Gasteiger partial charge in [-0.05, 0) is 19.4 Å². The lowest BCUT2D eigenvalue weighted by molar-refractivity contribution is -0.121. The van der Waals surface area contributed by atoms with Crippen molar-refractivity contribution < 1.29 is 4.79 Å². The van der Waals surface area contributed by atoms with E-state index in [9.17, 15) is 4.79 Å². The van der Waals surface area contributed by atoms with E-state index in [1.807, 2.05) is 12.1 Å². The highest BCUT2D eigenvalue weighted by molar-refractivity contribution is 7.99. The number of para-hydroxylation sites is 1. The van der Waals surface area contributed by atoms with Crippen LogP contribution in [0.5, 0.6) is 0 Å². The van der Waals surface area contributed by atoms with Crippen LogP contribution in [0.15, 0.2) is 29.2 Å². The molecular formula is C16H20N6OS. The number of aromatic nitrogens is 5. The molecule has 0 bridgehead atoms. The van der Waals surface area contributed by atoms with Gasteiger partial charge in [-0.3, -0.25) is 4.79 Å². The number of fused-ring (bicyclic) bond motifs is 1. The van der Waals surface area contributed by atoms with Gasteiger partial charge < -0.3 is 10.3 Å². The predicted octanol–water partition coefficient (Wildman–Crippen LogP) is 2.22. The van der Waals surface area contributed by atoms with Crippen LogP contribution in [0.25, 0.3) is 10.9 Å². The van der Waals surface area contributed by atoms with Crippen LogP contribution in [0.3, 0.4) is 0 Å². The molecule has 0 spiro atoms. The summed E-state index contributed by atoms with van der Waals surface area (Å²) in [4.78, 5) is 16.5. The van der Waals surface area contributed by atoms with Crippen molar-refractivity contribution in [2.45, 2.75) is 31.1 Å². The summed E-state index contributed by atoms with van der Waals surface area (Å²) < 4.78 is 0. The van der Waals surface area contributed by atoms with Gasteiger partial charge in [-0.1, -0.05) is 23.4 Å². The maximum Gasteiger partial charge on any atom is 0.220 e. The average molecular weight is 344 g/mol. The number of aryl methyl sites for hydroxylation is 2. The molecule has 126 valence electrons. The summed E-state index contributed by atoms with van der Waals surface area (Å²) in [6.07, 6.45) is 1.86. The number of carbonyl (C=O) groups is 1. The predicted molar refractivity (Wildman–Crippen MR) is 93.9 cm³/mol. The van der Waals surface area contributed by atoms with E-state index < -0.39 is 0 Å². The van der Waals surface area contributed by atoms with Gasteiger partial charge >= 0.3 is 0 Å². The molecule has 1 amide bonds. The first-order chi connectivity index (χ1) is 11.7. The summed E-state index contributed by atoms with van der Waals surface area (Å²) in [6, 6.07) is 8.28. The van der Waals surface area contributed by atoms with Crippen molar-refractivity contribution in [2.75, 3.05) is 12.3 Å². The molecule has 0 aliphatic rings. The molecule has 2 aromatic heterocycles. The molecular weight excluding hydrogens is 324 g/mol. The number of nitrogens with zero attached hydrogens (tertiary/aromatic N) is 3. The SMILES string of the molecule is Cc1[nH]c2ccccc2c1SCCNC(=O)CCCc1nn[nH]n1. The molecule has 3 N–H and O–H groups in total. The van der Waals surface area contributed by atoms with Gasteiger partial charge in [0.1, 0.15) is 0 Å². The molecule has 0 aliphatic heterocycles. The lowest BCUT2D eigenvalue weighted by atomic mass is 10.2. The largest absolute Gasteiger partial charge is 0.358 e. The fourth-order valence-electron chi connectivity index (χ4n) is 2.56. The van der Waals surface area contributed by atoms with Crippen LogP contribution in [0.1, 0.15) is 24.4 Å². The number of thioether (sulfide) groups is 1. The third kappa shape index (κ3) is 4.14. The molecule has 3 aromatic rings. The molecule has 1 aromatic carbocycles. The molecule has 0 radical (unpaired) electrons. The van der Waals surface area contributed by atoms with Crippen LogP contribution in [-0.4, -0.2) is 43.8 Å². The minimum atomic E-state index is 0.0646. The van der Waals surface area contributed by atoms with Crippen LogP contribution < -0.4 is 5.32 Å². The Morgan fingerprint density at radius 2 is 2.21 bits per heavy atom. The second kappa shape index (κ2) is 7.96. The van der Waals surface area contributed by atoms with Gasteiger partial charge in [-0.25, -0.2) is 0 Å². The Hall–Kier alpha value is -2.35. The zero-order chi connectivity index (χ0) is 16.8. The Morgan fingerprint density at radius 1 is 1.33 bits per heavy atom. The second-order valence-electron chi connectivity index (χ2n) is 5.50. The van der Waals surface area contributed by atoms with E-state index in [1.165, 1.54) is 16.0 Å². The highest BCUT2D eigenvalue weighted by Crippen LogP contribution is 2.30. The van der Waals surface area contributed by atoms with Crippen molar-refractivity contribution in [3.05, 3.63) is 35.8 Å². The number of hydrogen-bond donors (Lipinski definition) is 3. The van der Waals surface area contributed by atoms with Gasteiger partial charge in [0.15, 0.2) is 5.82 Å². The van der Waals surface area contributed by atoms with Crippen LogP contribution in [0.4, 0.5) is 0 Å². The maximum absolute atomic E-state index is 11.8. The summed E-state index contributed by atoms with van der Waals surface area (Å²) in [5.74, 6) is 1.56. The van der Waals surface area contributed by atoms with Gasteiger partial charge in [0.25, 0.3) is 0 Å². The standard InChI is InChI=1S/C16H20N6OS/c1-11-16(12-5-2-3-6-13(12)18-11)24-10-9-17-15(23)8-4-7-14-19-21-22-20-14/h2-3,5-6,18H,4,7-10H2,1H3,(H,17,23)(H,19,20,21,22). The topological polar surface area (TPSA) is 99.4 Å². The van der Waals surface area contributed by atoms with E-state index in [2.05, 4.69) is 50.0 Å². The molecule has 0 unspecified atom stereocenters. The third-order valence-electron chi connectivity index (χ3n) is 3.70. The number of amides is 1. The second-order valence-corrected chi connectivity index (χ2v) is 6.61. The highest BCUT2D eigenvalue weighted by atomic mass is 32.2. The van der Waals surface area contributed by atoms with Crippen LogP contribution in [-0.2, 0) is 11.2 Å². The number of nitrogens with one attached hydrogen (secondary N) is 3. The number of benzene rings is 1. The number of hydrogen-bond acceptors (Lipinski definition) is 5. The van der Waals surface area contributed by atoms with E-state index in [0.717, 1.165) is 17.7 Å². The average Bonchev–Trinajstić information content (AvgIpc) is 3.19. The van der Waals surface area contributed by atoms with Gasteiger partial charge in [0.05, 0.1) is 0 Å². The molecule has 7 nitrogen and oxygen atoms in total. The van der Waals surface area contributed by atoms with Crippen molar-refractivity contribution in [1.82, 2.24) is 30.9 Å². The Labute approximate surface area is 144 Å². The fourth-order valence-corrected chi connectivity index (χ4v) is 3.57. The third-order valence-corrected chi connectivity index (χ3v) is 4.92. The smallest absolute Gasteiger partial charge is 0.220 e. The number of rotatable bonds is 8. The molecule has 2 heterocycles. The van der Waals surface area contributed by atoms with Crippen molar-refractivity contribution in [3.8, 4) is 0 Å². The quantitative estimate of drug-likeness (QED) is 0.430. The monoisotopic (exact) mass is 344 g/mol. The van der Waals surface area contributed by atoms with Gasteiger partial charge in [0.2, 0.25) is 5.91 Å². The zero-order valence-corrected chi connectivity index (χ0v) is 14.3. The van der Waals surface area contributed by atoms with E-state index in [-0.39, 0.29) is 5.91 Å². The highest BCUT2D eigenvalue weighted by Gasteiger charge is 2.08. The van der Waals surface area contributed by atoms with Crippen molar-refractivity contribution in [1.29, 1.82) is 0 Å². The van der Waals surface area contributed by atoms with Crippen LogP contribution in [0.2, 0.25) is 0 Å². The molecule has 0 fully saturated rings. The lowest BCUT2D eigenvalue weighted by Crippen LogP contribution is -2.25.